The molecule has 0 aliphatic rings. The Morgan fingerprint density at radius 3 is 2.38 bits per heavy atom. The van der Waals surface area contributed by atoms with Gasteiger partial charge in [-0.15, -0.1) is 11.8 Å². The van der Waals surface area contributed by atoms with E-state index < -0.39 is 0 Å². The second kappa shape index (κ2) is 9.94. The molecule has 0 radical (unpaired) electrons. The van der Waals surface area contributed by atoms with Crippen LogP contribution in [0.2, 0.25) is 0 Å². The lowest BCUT2D eigenvalue weighted by Gasteiger charge is -2.20. The minimum atomic E-state index is 0.791. The van der Waals surface area contributed by atoms with Crippen LogP contribution in [0.15, 0.2) is 0 Å². The number of hydrogen-bond acceptors (Lipinski definition) is 4. The fraction of sp³-hybridized carbons (Fsp3) is 1.00. The minimum absolute atomic E-state index is 0.791. The van der Waals surface area contributed by atoms with Crippen LogP contribution in [0.5, 0.6) is 0 Å². The normalized spacial score (nSPS) is 15.7. The van der Waals surface area contributed by atoms with E-state index in [1.165, 1.54) is 17.9 Å². The zero-order valence-electron chi connectivity index (χ0n) is 8.91. The van der Waals surface area contributed by atoms with Gasteiger partial charge >= 0.3 is 0 Å². The van der Waals surface area contributed by atoms with Crippen LogP contribution in [0.1, 0.15) is 26.7 Å². The average Bonchev–Trinajstić information content (AvgIpc) is 2.13. The van der Waals surface area contributed by atoms with Crippen molar-refractivity contribution >= 4 is 45.1 Å². The second-order valence-corrected chi connectivity index (χ2v) is 8.28. The van der Waals surface area contributed by atoms with Gasteiger partial charge in [0, 0.05) is 0 Å². The molecule has 4 heteroatoms. The highest BCUT2D eigenvalue weighted by Crippen LogP contribution is 2.35. The molecule has 0 nitrogen and oxygen atoms in total. The van der Waals surface area contributed by atoms with Gasteiger partial charge in [-0.25, -0.2) is 0 Å². The van der Waals surface area contributed by atoms with Crippen LogP contribution in [0.3, 0.4) is 0 Å². The third-order valence-corrected chi connectivity index (χ3v) is 7.29. The first kappa shape index (κ1) is 14.4. The van der Waals surface area contributed by atoms with Crippen molar-refractivity contribution in [1.82, 2.24) is 0 Å². The fourth-order valence-corrected chi connectivity index (χ4v) is 5.82. The van der Waals surface area contributed by atoms with Gasteiger partial charge in [0.2, 0.25) is 0 Å². The summed E-state index contributed by atoms with van der Waals surface area (Å²) in [5.41, 5.74) is 0. The molecule has 2 atom stereocenters. The molecule has 0 saturated heterocycles. The molecule has 0 amide bonds. The predicted molar refractivity (Wildman–Crippen MR) is 74.9 cm³/mol. The molecule has 0 aromatic heterocycles. The van der Waals surface area contributed by atoms with E-state index in [9.17, 15) is 0 Å². The summed E-state index contributed by atoms with van der Waals surface area (Å²) in [6.45, 7) is 4.65. The molecule has 0 rings (SSSR count). The molecule has 0 spiro atoms. The first-order valence-corrected chi connectivity index (χ1v) is 9.62. The standard InChI is InChI=1S/C9H20S4/c1-5-6-8(2)9(10-3)12-7-13-11-4/h8-9H,5-7H2,1-4H3. The molecule has 0 aliphatic carbocycles. The van der Waals surface area contributed by atoms with Crippen LogP contribution in [0.25, 0.3) is 0 Å². The molecule has 2 unspecified atom stereocenters. The summed E-state index contributed by atoms with van der Waals surface area (Å²) < 4.78 is 0.791. The van der Waals surface area contributed by atoms with Gasteiger partial charge in [-0.1, -0.05) is 41.9 Å². The lowest BCUT2D eigenvalue weighted by molar-refractivity contribution is 0.568. The second-order valence-electron chi connectivity index (χ2n) is 2.94. The van der Waals surface area contributed by atoms with Gasteiger partial charge in [-0.3, -0.25) is 0 Å². The highest BCUT2D eigenvalue weighted by atomic mass is 33.1. The zero-order chi connectivity index (χ0) is 10.1. The van der Waals surface area contributed by atoms with E-state index in [1.54, 1.807) is 0 Å². The van der Waals surface area contributed by atoms with E-state index in [0.717, 1.165) is 10.5 Å². The Morgan fingerprint density at radius 2 is 1.92 bits per heavy atom. The SMILES string of the molecule is CCCC(C)C(SC)SCSSC. The van der Waals surface area contributed by atoms with Gasteiger partial charge in [0.1, 0.15) is 0 Å². The van der Waals surface area contributed by atoms with E-state index in [2.05, 4.69) is 38.1 Å². The Labute approximate surface area is 99.6 Å². The van der Waals surface area contributed by atoms with Gasteiger partial charge in [0.25, 0.3) is 0 Å². The van der Waals surface area contributed by atoms with E-state index in [1.807, 2.05) is 33.3 Å². The van der Waals surface area contributed by atoms with Crippen molar-refractivity contribution in [1.29, 1.82) is 0 Å². The summed E-state index contributed by atoms with van der Waals surface area (Å²) in [7, 11) is 3.82. The van der Waals surface area contributed by atoms with Crippen molar-refractivity contribution in [3.8, 4) is 0 Å². The summed E-state index contributed by atoms with van der Waals surface area (Å²) in [6, 6.07) is 0. The molecule has 0 aromatic carbocycles. The molecule has 0 aliphatic heterocycles. The third kappa shape index (κ3) is 7.34. The maximum atomic E-state index is 2.38. The van der Waals surface area contributed by atoms with E-state index in [4.69, 9.17) is 0 Å². The Morgan fingerprint density at radius 1 is 1.23 bits per heavy atom. The monoisotopic (exact) mass is 256 g/mol. The summed E-state index contributed by atoms with van der Waals surface area (Å²) in [5.74, 6) is 0.854. The molecule has 0 aromatic rings. The van der Waals surface area contributed by atoms with Gasteiger partial charge in [0.05, 0.1) is 9.67 Å². The van der Waals surface area contributed by atoms with Gasteiger partial charge in [0.15, 0.2) is 0 Å². The molecular formula is C9H20S4. The molecule has 0 heterocycles. The fourth-order valence-electron chi connectivity index (χ4n) is 1.20. The van der Waals surface area contributed by atoms with Crippen LogP contribution in [-0.4, -0.2) is 22.2 Å². The molecule has 80 valence electrons. The number of thioether (sulfide) groups is 2. The summed E-state index contributed by atoms with van der Waals surface area (Å²) in [5, 5.41) is 1.22. The van der Waals surface area contributed by atoms with Crippen molar-refractivity contribution < 1.29 is 0 Å². The van der Waals surface area contributed by atoms with Crippen molar-refractivity contribution in [3.63, 3.8) is 0 Å². The lowest BCUT2D eigenvalue weighted by atomic mass is 10.1. The first-order valence-electron chi connectivity index (χ1n) is 4.56. The number of rotatable bonds is 8. The summed E-state index contributed by atoms with van der Waals surface area (Å²) >= 11 is 4.11. The lowest BCUT2D eigenvalue weighted by Crippen LogP contribution is -2.09. The Balaban J connectivity index is 3.60. The van der Waals surface area contributed by atoms with Crippen LogP contribution < -0.4 is 0 Å². The Bertz CT molecular complexity index is 108. The third-order valence-electron chi connectivity index (χ3n) is 1.84. The smallest absolute Gasteiger partial charge is 0.0533 e. The van der Waals surface area contributed by atoms with E-state index in [0.29, 0.717) is 0 Å². The first-order chi connectivity index (χ1) is 6.26. The largest absolute Gasteiger partial charge is 0.151 e. The maximum absolute atomic E-state index is 2.38. The van der Waals surface area contributed by atoms with Gasteiger partial charge in [-0.05, 0) is 24.9 Å². The predicted octanol–water partition coefficient (Wildman–Crippen LogP) is 4.81. The van der Waals surface area contributed by atoms with Gasteiger partial charge < -0.3 is 0 Å². The summed E-state index contributed by atoms with van der Waals surface area (Å²) in [6.07, 6.45) is 7.05. The molecule has 0 N–H and O–H groups in total. The number of hydrogen-bond donors (Lipinski definition) is 0. The van der Waals surface area contributed by atoms with Crippen LogP contribution in [0, 0.1) is 5.92 Å². The molecule has 13 heavy (non-hydrogen) atoms. The van der Waals surface area contributed by atoms with Crippen molar-refractivity contribution in [3.05, 3.63) is 0 Å². The highest BCUT2D eigenvalue weighted by molar-refractivity contribution is 8.78. The maximum Gasteiger partial charge on any atom is 0.0533 e. The molecule has 0 fully saturated rings. The van der Waals surface area contributed by atoms with E-state index in [-0.39, 0.29) is 0 Å². The zero-order valence-corrected chi connectivity index (χ0v) is 12.2. The van der Waals surface area contributed by atoms with Crippen molar-refractivity contribution in [2.75, 3.05) is 17.6 Å². The van der Waals surface area contributed by atoms with E-state index >= 15 is 0 Å². The van der Waals surface area contributed by atoms with Crippen LogP contribution >= 0.6 is 45.1 Å². The topological polar surface area (TPSA) is 0 Å². The molecule has 0 saturated carbocycles. The minimum Gasteiger partial charge on any atom is -0.151 e. The highest BCUT2D eigenvalue weighted by Gasteiger charge is 2.15. The molecule has 0 bridgehead atoms. The quantitative estimate of drug-likeness (QED) is 0.347. The van der Waals surface area contributed by atoms with Crippen LogP contribution in [-0.2, 0) is 0 Å². The average molecular weight is 257 g/mol. The molecular weight excluding hydrogens is 236 g/mol. The summed E-state index contributed by atoms with van der Waals surface area (Å²) in [4.78, 5) is 0. The van der Waals surface area contributed by atoms with Crippen LogP contribution in [0.4, 0.5) is 0 Å². The van der Waals surface area contributed by atoms with Crippen molar-refractivity contribution in [2.45, 2.75) is 31.3 Å². The Kier molecular flexibility index (Phi) is 11.0. The Hall–Kier alpha value is 1.40. The van der Waals surface area contributed by atoms with Crippen molar-refractivity contribution in [2.24, 2.45) is 5.92 Å². The van der Waals surface area contributed by atoms with Gasteiger partial charge in [-0.2, -0.15) is 11.8 Å².